The highest BCUT2D eigenvalue weighted by Crippen LogP contribution is 2.37. The number of aryl methyl sites for hydroxylation is 1. The Hall–Kier alpha value is -1.35. The standard InChI is InChI=1S/C15H21NO2/c17-14(18)12-15(8-10-16-11-9-15)7-6-13-4-2-1-3-5-13/h1-5,16H,6-12H2,(H,17,18). The number of hydrogen-bond acceptors (Lipinski definition) is 2. The van der Waals surface area contributed by atoms with Crippen molar-refractivity contribution in [3.63, 3.8) is 0 Å². The van der Waals surface area contributed by atoms with Gasteiger partial charge in [0.1, 0.15) is 0 Å². The van der Waals surface area contributed by atoms with Gasteiger partial charge in [0.15, 0.2) is 0 Å². The summed E-state index contributed by atoms with van der Waals surface area (Å²) in [6.45, 7) is 1.89. The van der Waals surface area contributed by atoms with E-state index in [9.17, 15) is 4.79 Å². The van der Waals surface area contributed by atoms with Crippen molar-refractivity contribution in [2.24, 2.45) is 5.41 Å². The smallest absolute Gasteiger partial charge is 0.303 e. The third-order valence-electron chi connectivity index (χ3n) is 3.98. The first kappa shape index (κ1) is 13.1. The van der Waals surface area contributed by atoms with Gasteiger partial charge in [0.2, 0.25) is 0 Å². The molecule has 0 spiro atoms. The van der Waals surface area contributed by atoms with Crippen LogP contribution < -0.4 is 5.32 Å². The Balaban J connectivity index is 1.99. The molecule has 18 heavy (non-hydrogen) atoms. The Kier molecular flexibility index (Phi) is 4.37. The third kappa shape index (κ3) is 3.57. The van der Waals surface area contributed by atoms with E-state index in [-0.39, 0.29) is 5.41 Å². The molecule has 0 unspecified atom stereocenters. The van der Waals surface area contributed by atoms with Crippen molar-refractivity contribution in [3.8, 4) is 0 Å². The average Bonchev–Trinajstić information content (AvgIpc) is 2.38. The van der Waals surface area contributed by atoms with Crippen LogP contribution in [-0.2, 0) is 11.2 Å². The number of hydrogen-bond donors (Lipinski definition) is 2. The molecule has 0 amide bonds. The van der Waals surface area contributed by atoms with E-state index in [1.807, 2.05) is 18.2 Å². The number of nitrogens with one attached hydrogen (secondary N) is 1. The van der Waals surface area contributed by atoms with E-state index in [4.69, 9.17) is 5.11 Å². The second kappa shape index (κ2) is 6.01. The summed E-state index contributed by atoms with van der Waals surface area (Å²) in [7, 11) is 0. The maximum atomic E-state index is 11.1. The molecule has 3 nitrogen and oxygen atoms in total. The van der Waals surface area contributed by atoms with Crippen molar-refractivity contribution in [3.05, 3.63) is 35.9 Å². The fourth-order valence-electron chi connectivity index (χ4n) is 2.85. The molecule has 0 bridgehead atoms. The lowest BCUT2D eigenvalue weighted by Gasteiger charge is -2.36. The van der Waals surface area contributed by atoms with E-state index in [0.29, 0.717) is 6.42 Å². The molecule has 1 heterocycles. The molecule has 0 atom stereocenters. The zero-order valence-corrected chi connectivity index (χ0v) is 10.7. The van der Waals surface area contributed by atoms with Crippen LogP contribution in [0.3, 0.4) is 0 Å². The molecule has 1 saturated heterocycles. The number of benzene rings is 1. The van der Waals surface area contributed by atoms with Crippen molar-refractivity contribution in [2.45, 2.75) is 32.1 Å². The van der Waals surface area contributed by atoms with Gasteiger partial charge < -0.3 is 10.4 Å². The summed E-state index contributed by atoms with van der Waals surface area (Å²) in [4.78, 5) is 11.1. The molecule has 98 valence electrons. The summed E-state index contributed by atoms with van der Waals surface area (Å²) in [6.07, 6.45) is 4.22. The minimum absolute atomic E-state index is 0.00702. The minimum Gasteiger partial charge on any atom is -0.481 e. The topological polar surface area (TPSA) is 49.3 Å². The lowest BCUT2D eigenvalue weighted by molar-refractivity contribution is -0.140. The van der Waals surface area contributed by atoms with Gasteiger partial charge in [-0.05, 0) is 49.8 Å². The maximum absolute atomic E-state index is 11.1. The van der Waals surface area contributed by atoms with E-state index in [1.165, 1.54) is 5.56 Å². The lowest BCUT2D eigenvalue weighted by Crippen LogP contribution is -2.38. The van der Waals surface area contributed by atoms with Gasteiger partial charge in [-0.1, -0.05) is 30.3 Å². The van der Waals surface area contributed by atoms with Crippen molar-refractivity contribution < 1.29 is 9.90 Å². The molecule has 1 fully saturated rings. The third-order valence-corrected chi connectivity index (χ3v) is 3.98. The molecule has 0 saturated carbocycles. The maximum Gasteiger partial charge on any atom is 0.303 e. The Labute approximate surface area is 108 Å². The summed E-state index contributed by atoms with van der Waals surface area (Å²) in [5, 5.41) is 12.4. The summed E-state index contributed by atoms with van der Waals surface area (Å²) in [5.74, 6) is -0.662. The van der Waals surface area contributed by atoms with Crippen molar-refractivity contribution in [2.75, 3.05) is 13.1 Å². The Bertz CT molecular complexity index is 383. The molecule has 1 aromatic rings. The van der Waals surface area contributed by atoms with Crippen molar-refractivity contribution in [1.82, 2.24) is 5.32 Å². The molecule has 3 heteroatoms. The van der Waals surface area contributed by atoms with Crippen LogP contribution in [0.1, 0.15) is 31.2 Å². The van der Waals surface area contributed by atoms with Gasteiger partial charge in [-0.25, -0.2) is 0 Å². The van der Waals surface area contributed by atoms with Crippen LogP contribution in [0.15, 0.2) is 30.3 Å². The summed E-state index contributed by atoms with van der Waals surface area (Å²) < 4.78 is 0. The van der Waals surface area contributed by atoms with E-state index in [1.54, 1.807) is 0 Å². The van der Waals surface area contributed by atoms with Crippen LogP contribution in [0.5, 0.6) is 0 Å². The average molecular weight is 247 g/mol. The molecule has 1 aliphatic rings. The van der Waals surface area contributed by atoms with Crippen LogP contribution in [0.4, 0.5) is 0 Å². The van der Waals surface area contributed by atoms with Crippen LogP contribution in [-0.4, -0.2) is 24.2 Å². The number of rotatable bonds is 5. The SMILES string of the molecule is O=C(O)CC1(CCc2ccccc2)CCNCC1. The van der Waals surface area contributed by atoms with Crippen LogP contribution in [0.2, 0.25) is 0 Å². The van der Waals surface area contributed by atoms with Crippen LogP contribution in [0.25, 0.3) is 0 Å². The van der Waals surface area contributed by atoms with E-state index < -0.39 is 5.97 Å². The van der Waals surface area contributed by atoms with Gasteiger partial charge in [0.05, 0.1) is 6.42 Å². The lowest BCUT2D eigenvalue weighted by atomic mass is 9.72. The second-order valence-corrected chi connectivity index (χ2v) is 5.31. The highest BCUT2D eigenvalue weighted by atomic mass is 16.4. The molecule has 2 rings (SSSR count). The van der Waals surface area contributed by atoms with Crippen LogP contribution >= 0.6 is 0 Å². The zero-order chi connectivity index (χ0) is 12.8. The Morgan fingerprint density at radius 3 is 2.50 bits per heavy atom. The van der Waals surface area contributed by atoms with Gasteiger partial charge in [0, 0.05) is 0 Å². The number of piperidine rings is 1. The largest absolute Gasteiger partial charge is 0.481 e. The predicted molar refractivity (Wildman–Crippen MR) is 71.6 cm³/mol. The molecule has 2 N–H and O–H groups in total. The molecule has 1 aliphatic heterocycles. The summed E-state index contributed by atoms with van der Waals surface area (Å²) >= 11 is 0. The predicted octanol–water partition coefficient (Wildman–Crippen LogP) is 2.46. The highest BCUT2D eigenvalue weighted by Gasteiger charge is 2.33. The number of aliphatic carboxylic acids is 1. The first-order chi connectivity index (χ1) is 8.70. The minimum atomic E-state index is -0.662. The summed E-state index contributed by atoms with van der Waals surface area (Å²) in [6, 6.07) is 10.3. The molecule has 0 aromatic heterocycles. The number of carbonyl (C=O) groups is 1. The molecular weight excluding hydrogens is 226 g/mol. The van der Waals surface area contributed by atoms with Crippen molar-refractivity contribution in [1.29, 1.82) is 0 Å². The van der Waals surface area contributed by atoms with E-state index in [2.05, 4.69) is 17.4 Å². The van der Waals surface area contributed by atoms with Gasteiger partial charge in [-0.2, -0.15) is 0 Å². The first-order valence-electron chi connectivity index (χ1n) is 6.67. The highest BCUT2D eigenvalue weighted by molar-refractivity contribution is 5.67. The fraction of sp³-hybridized carbons (Fsp3) is 0.533. The molecule has 1 aromatic carbocycles. The molecule has 0 aliphatic carbocycles. The number of carboxylic acid groups (broad SMARTS) is 1. The quantitative estimate of drug-likeness (QED) is 0.840. The second-order valence-electron chi connectivity index (χ2n) is 5.31. The van der Waals surface area contributed by atoms with E-state index >= 15 is 0 Å². The molecular formula is C15H21NO2. The van der Waals surface area contributed by atoms with E-state index in [0.717, 1.165) is 38.8 Å². The molecule has 0 radical (unpaired) electrons. The monoisotopic (exact) mass is 247 g/mol. The number of carboxylic acids is 1. The van der Waals surface area contributed by atoms with Gasteiger partial charge in [0.25, 0.3) is 0 Å². The summed E-state index contributed by atoms with van der Waals surface area (Å²) in [5.41, 5.74) is 1.30. The fourth-order valence-corrected chi connectivity index (χ4v) is 2.85. The van der Waals surface area contributed by atoms with Crippen molar-refractivity contribution >= 4 is 5.97 Å². The van der Waals surface area contributed by atoms with Gasteiger partial charge in [-0.3, -0.25) is 4.79 Å². The Morgan fingerprint density at radius 2 is 1.89 bits per heavy atom. The van der Waals surface area contributed by atoms with Gasteiger partial charge >= 0.3 is 5.97 Å². The van der Waals surface area contributed by atoms with Gasteiger partial charge in [-0.15, -0.1) is 0 Å². The first-order valence-corrected chi connectivity index (χ1v) is 6.67. The normalized spacial score (nSPS) is 18.4. The van der Waals surface area contributed by atoms with Crippen LogP contribution in [0, 0.1) is 5.41 Å². The zero-order valence-electron chi connectivity index (χ0n) is 10.7. The Morgan fingerprint density at radius 1 is 1.22 bits per heavy atom.